The maximum Gasteiger partial charge on any atom is 0.348 e. The summed E-state index contributed by atoms with van der Waals surface area (Å²) < 4.78 is 5.11. The molecule has 7 heteroatoms. The second-order valence-electron chi connectivity index (χ2n) is 7.57. The minimum atomic E-state index is -0.405. The molecule has 29 heavy (non-hydrogen) atoms. The highest BCUT2D eigenvalue weighted by Gasteiger charge is 2.26. The van der Waals surface area contributed by atoms with E-state index >= 15 is 0 Å². The van der Waals surface area contributed by atoms with Crippen LogP contribution in [-0.2, 0) is 4.74 Å². The Balaban J connectivity index is 1.95. The molecule has 3 N–H and O–H groups in total. The van der Waals surface area contributed by atoms with Crippen LogP contribution in [0.25, 0.3) is 10.2 Å². The first-order valence-electron chi connectivity index (χ1n) is 9.93. The summed E-state index contributed by atoms with van der Waals surface area (Å²) in [6.07, 6.45) is 0. The van der Waals surface area contributed by atoms with Crippen LogP contribution in [0.4, 0.5) is 0 Å². The minimum absolute atomic E-state index is 0.0480. The van der Waals surface area contributed by atoms with Crippen molar-refractivity contribution in [1.29, 1.82) is 0 Å². The number of esters is 1. The third-order valence-corrected chi connectivity index (χ3v) is 6.28. The number of nitrogens with two attached hydrogens (primary N) is 1. The molecule has 0 fully saturated rings. The van der Waals surface area contributed by atoms with E-state index in [1.807, 2.05) is 25.1 Å². The van der Waals surface area contributed by atoms with Crippen LogP contribution in [0.2, 0.25) is 0 Å². The van der Waals surface area contributed by atoms with E-state index in [4.69, 9.17) is 4.74 Å². The van der Waals surface area contributed by atoms with Gasteiger partial charge in [-0.15, -0.1) is 11.3 Å². The number of nitrogens with one attached hydrogen (secondary N) is 1. The number of nitrogens with zero attached hydrogens (tertiary/aromatic N) is 1. The zero-order valence-corrected chi connectivity index (χ0v) is 18.3. The number of aromatic amines is 1. The van der Waals surface area contributed by atoms with Gasteiger partial charge in [-0.2, -0.15) is 0 Å². The van der Waals surface area contributed by atoms with E-state index < -0.39 is 5.97 Å². The fourth-order valence-corrected chi connectivity index (χ4v) is 4.65. The van der Waals surface area contributed by atoms with Crippen LogP contribution in [0.5, 0.6) is 0 Å². The van der Waals surface area contributed by atoms with Crippen LogP contribution in [0.15, 0.2) is 35.1 Å². The quantitative estimate of drug-likeness (QED) is 0.579. The predicted octanol–water partition coefficient (Wildman–Crippen LogP) is 3.49. The van der Waals surface area contributed by atoms with Crippen LogP contribution < -0.4 is 10.9 Å². The van der Waals surface area contributed by atoms with E-state index in [1.165, 1.54) is 16.9 Å². The molecular weight excluding hydrogens is 386 g/mol. The molecule has 0 aliphatic heterocycles. The largest absolute Gasteiger partial charge is 0.462 e. The second kappa shape index (κ2) is 8.88. The molecule has 0 saturated carbocycles. The fraction of sp³-hybridized carbons (Fsp3) is 0.409. The van der Waals surface area contributed by atoms with E-state index in [2.05, 4.69) is 41.3 Å². The maximum absolute atomic E-state index is 12.8. The lowest BCUT2D eigenvalue weighted by atomic mass is 9.95. The standard InChI is InChI=1S/C22H27N3O3S/c1-6-28-22(27)18-13(4)16-20(26)24-19(25-21(16)29-18)14(5)23-17(12(2)3)15-10-8-7-9-11-15/h7-12,14,17,23H,6H2,1-5H3,(H,24,25,26)/p+1/t14-,17+/m1/s1. The number of benzene rings is 1. The van der Waals surface area contributed by atoms with Crippen LogP contribution in [0, 0.1) is 12.8 Å². The minimum Gasteiger partial charge on any atom is -0.462 e. The highest BCUT2D eigenvalue weighted by molar-refractivity contribution is 7.20. The number of hydrogen-bond donors (Lipinski definition) is 2. The van der Waals surface area contributed by atoms with Crippen molar-refractivity contribution < 1.29 is 14.8 Å². The number of fused-ring (bicyclic) bond motifs is 1. The molecule has 2 heterocycles. The maximum atomic E-state index is 12.8. The first-order chi connectivity index (χ1) is 13.8. The molecule has 0 aliphatic carbocycles. The van der Waals surface area contributed by atoms with Crippen molar-refractivity contribution in [3.8, 4) is 0 Å². The second-order valence-corrected chi connectivity index (χ2v) is 8.57. The smallest absolute Gasteiger partial charge is 0.348 e. The Labute approximate surface area is 174 Å². The van der Waals surface area contributed by atoms with E-state index in [-0.39, 0.29) is 17.6 Å². The highest BCUT2D eigenvalue weighted by Crippen LogP contribution is 2.28. The summed E-state index contributed by atoms with van der Waals surface area (Å²) in [7, 11) is 0. The topological polar surface area (TPSA) is 88.7 Å². The van der Waals surface area contributed by atoms with Crippen LogP contribution >= 0.6 is 11.3 Å². The lowest BCUT2D eigenvalue weighted by molar-refractivity contribution is -0.738. The van der Waals surface area contributed by atoms with Gasteiger partial charge in [-0.05, 0) is 26.3 Å². The summed E-state index contributed by atoms with van der Waals surface area (Å²) in [4.78, 5) is 33.6. The third kappa shape index (κ3) is 4.41. The summed E-state index contributed by atoms with van der Waals surface area (Å²) in [6, 6.07) is 10.5. The van der Waals surface area contributed by atoms with Gasteiger partial charge in [0, 0.05) is 11.5 Å². The van der Waals surface area contributed by atoms with Crippen molar-refractivity contribution in [3.05, 3.63) is 62.5 Å². The van der Waals surface area contributed by atoms with E-state index in [0.29, 0.717) is 39.0 Å². The molecule has 2 atom stereocenters. The number of quaternary nitrogens is 1. The molecule has 0 bridgehead atoms. The van der Waals surface area contributed by atoms with Gasteiger partial charge in [0.1, 0.15) is 21.8 Å². The monoisotopic (exact) mass is 414 g/mol. The van der Waals surface area contributed by atoms with Crippen LogP contribution in [0.1, 0.15) is 66.4 Å². The summed E-state index contributed by atoms with van der Waals surface area (Å²) in [6.45, 7) is 10.2. The van der Waals surface area contributed by atoms with Crippen molar-refractivity contribution in [2.45, 2.75) is 46.7 Å². The molecular formula is C22H28N3O3S+. The number of aromatic nitrogens is 2. The van der Waals surface area contributed by atoms with E-state index in [9.17, 15) is 9.59 Å². The van der Waals surface area contributed by atoms with Crippen molar-refractivity contribution >= 4 is 27.5 Å². The number of carbonyl (C=O) groups is 1. The van der Waals surface area contributed by atoms with Gasteiger partial charge in [0.2, 0.25) is 0 Å². The Hall–Kier alpha value is -2.51. The molecule has 6 nitrogen and oxygen atoms in total. The molecule has 0 saturated heterocycles. The van der Waals surface area contributed by atoms with Crippen molar-refractivity contribution in [2.75, 3.05) is 6.61 Å². The van der Waals surface area contributed by atoms with E-state index in [0.717, 1.165) is 0 Å². The predicted molar refractivity (Wildman–Crippen MR) is 115 cm³/mol. The molecule has 1 aromatic carbocycles. The Morgan fingerprint density at radius 2 is 1.93 bits per heavy atom. The van der Waals surface area contributed by atoms with Crippen LogP contribution in [-0.4, -0.2) is 22.5 Å². The fourth-order valence-electron chi connectivity index (χ4n) is 3.56. The van der Waals surface area contributed by atoms with Gasteiger partial charge < -0.3 is 15.0 Å². The van der Waals surface area contributed by atoms with Crippen molar-refractivity contribution in [1.82, 2.24) is 9.97 Å². The van der Waals surface area contributed by atoms with Gasteiger partial charge >= 0.3 is 5.97 Å². The Morgan fingerprint density at radius 3 is 2.55 bits per heavy atom. The number of carbonyl (C=O) groups excluding carboxylic acids is 1. The van der Waals surface area contributed by atoms with Gasteiger partial charge in [-0.1, -0.05) is 44.2 Å². The average molecular weight is 415 g/mol. The average Bonchev–Trinajstić information content (AvgIpc) is 3.03. The molecule has 0 radical (unpaired) electrons. The van der Waals surface area contributed by atoms with Gasteiger partial charge in [0.05, 0.1) is 12.0 Å². The van der Waals surface area contributed by atoms with Crippen molar-refractivity contribution in [3.63, 3.8) is 0 Å². The normalized spacial score (nSPS) is 13.6. The number of hydrogen-bond acceptors (Lipinski definition) is 5. The lowest BCUT2D eigenvalue weighted by Gasteiger charge is -2.23. The lowest BCUT2D eigenvalue weighted by Crippen LogP contribution is -2.87. The molecule has 3 aromatic rings. The van der Waals surface area contributed by atoms with Crippen molar-refractivity contribution in [2.24, 2.45) is 5.92 Å². The van der Waals surface area contributed by atoms with Gasteiger partial charge in [-0.3, -0.25) is 4.79 Å². The van der Waals surface area contributed by atoms with Gasteiger partial charge in [0.25, 0.3) is 5.56 Å². The number of thiophene rings is 1. The molecule has 0 amide bonds. The third-order valence-electron chi connectivity index (χ3n) is 5.11. The number of rotatable bonds is 7. The number of ether oxygens (including phenoxy) is 1. The molecule has 0 spiro atoms. The Bertz CT molecular complexity index is 1060. The highest BCUT2D eigenvalue weighted by atomic mass is 32.1. The first-order valence-corrected chi connectivity index (χ1v) is 10.8. The molecule has 2 aromatic heterocycles. The molecule has 0 unspecified atom stereocenters. The Kier molecular flexibility index (Phi) is 6.49. The molecule has 0 aliphatic rings. The van der Waals surface area contributed by atoms with Gasteiger partial charge in [-0.25, -0.2) is 9.78 Å². The summed E-state index contributed by atoms with van der Waals surface area (Å²) >= 11 is 1.22. The Morgan fingerprint density at radius 1 is 1.24 bits per heavy atom. The van der Waals surface area contributed by atoms with Crippen LogP contribution in [0.3, 0.4) is 0 Å². The van der Waals surface area contributed by atoms with E-state index in [1.54, 1.807) is 13.8 Å². The molecule has 3 rings (SSSR count). The molecule has 154 valence electrons. The van der Waals surface area contributed by atoms with Gasteiger partial charge in [0.15, 0.2) is 5.82 Å². The number of aryl methyl sites for hydroxylation is 1. The first kappa shape index (κ1) is 21.2. The zero-order chi connectivity index (χ0) is 21.1. The SMILES string of the molecule is CCOC(=O)c1sc2nc([C@@H](C)[NH2+][C@H](c3ccccc3)C(C)C)[nH]c(=O)c2c1C. The zero-order valence-electron chi connectivity index (χ0n) is 17.5. The summed E-state index contributed by atoms with van der Waals surface area (Å²) in [5.41, 5.74) is 1.66. The summed E-state index contributed by atoms with van der Waals surface area (Å²) in [5.74, 6) is 0.618. The number of H-pyrrole nitrogens is 1. The summed E-state index contributed by atoms with van der Waals surface area (Å²) in [5, 5.41) is 2.70.